The number of rotatable bonds is 1. The molecule has 1 amide bonds. The van der Waals surface area contributed by atoms with Crippen LogP contribution in [0.1, 0.15) is 5.56 Å². The van der Waals surface area contributed by atoms with Gasteiger partial charge in [0, 0.05) is 7.05 Å². The fraction of sp³-hybridized carbons (Fsp3) is 0.417. The predicted molar refractivity (Wildman–Crippen MR) is 62.9 cm³/mol. The number of benzene rings is 1. The Labute approximate surface area is 95.2 Å². The summed E-state index contributed by atoms with van der Waals surface area (Å²) in [4.78, 5) is 13.6. The molecule has 1 aliphatic rings. The molecule has 1 aromatic rings. The highest BCUT2D eigenvalue weighted by Gasteiger charge is 2.27. The van der Waals surface area contributed by atoms with E-state index in [0.29, 0.717) is 6.61 Å². The first-order chi connectivity index (χ1) is 7.63. The Hall–Kier alpha value is -1.55. The van der Waals surface area contributed by atoms with Gasteiger partial charge in [0.1, 0.15) is 18.4 Å². The molecule has 1 N–H and O–H groups in total. The van der Waals surface area contributed by atoms with Crippen molar-refractivity contribution in [1.82, 2.24) is 5.32 Å². The van der Waals surface area contributed by atoms with Crippen molar-refractivity contribution >= 4 is 11.6 Å². The van der Waals surface area contributed by atoms with Crippen molar-refractivity contribution < 1.29 is 9.53 Å². The summed E-state index contributed by atoms with van der Waals surface area (Å²) in [5.74, 6) is 0.804. The number of carbonyl (C=O) groups is 1. The lowest BCUT2D eigenvalue weighted by Gasteiger charge is -2.19. The Kier molecular flexibility index (Phi) is 2.83. The Morgan fingerprint density at radius 2 is 2.25 bits per heavy atom. The summed E-state index contributed by atoms with van der Waals surface area (Å²) in [6.07, 6.45) is 0. The summed E-state index contributed by atoms with van der Waals surface area (Å²) in [5.41, 5.74) is 1.95. The molecule has 4 nitrogen and oxygen atoms in total. The van der Waals surface area contributed by atoms with Crippen LogP contribution in [0.4, 0.5) is 5.69 Å². The van der Waals surface area contributed by atoms with Crippen LogP contribution in [0.2, 0.25) is 0 Å². The van der Waals surface area contributed by atoms with Crippen molar-refractivity contribution in [3.63, 3.8) is 0 Å². The number of likely N-dealkylation sites (N-methyl/N-ethyl adjacent to an activating group) is 2. The van der Waals surface area contributed by atoms with E-state index in [2.05, 4.69) is 5.32 Å². The first-order valence-electron chi connectivity index (χ1n) is 5.31. The first-order valence-corrected chi connectivity index (χ1v) is 5.31. The maximum absolute atomic E-state index is 12.0. The topological polar surface area (TPSA) is 41.6 Å². The molecule has 0 fully saturated rings. The van der Waals surface area contributed by atoms with Gasteiger partial charge in [0.15, 0.2) is 0 Å². The highest BCUT2D eigenvalue weighted by Crippen LogP contribution is 2.31. The van der Waals surface area contributed by atoms with E-state index >= 15 is 0 Å². The average Bonchev–Trinajstić information content (AvgIpc) is 2.38. The number of amides is 1. The van der Waals surface area contributed by atoms with Crippen molar-refractivity contribution in [2.75, 3.05) is 25.6 Å². The normalized spacial score (nSPS) is 20.1. The number of anilines is 1. The molecule has 2 rings (SSSR count). The van der Waals surface area contributed by atoms with Gasteiger partial charge >= 0.3 is 0 Å². The second-order valence-corrected chi connectivity index (χ2v) is 4.02. The smallest absolute Gasteiger partial charge is 0.247 e. The van der Waals surface area contributed by atoms with E-state index in [1.165, 1.54) is 0 Å². The van der Waals surface area contributed by atoms with Gasteiger partial charge in [-0.3, -0.25) is 4.79 Å². The van der Waals surface area contributed by atoms with Crippen molar-refractivity contribution in [2.45, 2.75) is 13.0 Å². The van der Waals surface area contributed by atoms with Gasteiger partial charge in [0.25, 0.3) is 0 Å². The maximum atomic E-state index is 12.0. The molecule has 86 valence electrons. The van der Waals surface area contributed by atoms with Gasteiger partial charge in [-0.1, -0.05) is 6.07 Å². The van der Waals surface area contributed by atoms with Crippen LogP contribution in [0, 0.1) is 6.92 Å². The summed E-state index contributed by atoms with van der Waals surface area (Å²) in [6.45, 7) is 2.38. The molecule has 1 atom stereocenters. The fourth-order valence-corrected chi connectivity index (χ4v) is 1.82. The van der Waals surface area contributed by atoms with E-state index in [-0.39, 0.29) is 11.9 Å². The summed E-state index contributed by atoms with van der Waals surface area (Å²) in [6, 6.07) is 5.57. The van der Waals surface area contributed by atoms with E-state index in [1.54, 1.807) is 19.0 Å². The average molecular weight is 220 g/mol. The lowest BCUT2D eigenvalue weighted by Crippen LogP contribution is -2.45. The number of ether oxygens (including phenoxy) is 1. The zero-order chi connectivity index (χ0) is 11.7. The number of nitrogens with zero attached hydrogens (tertiary/aromatic N) is 1. The molecule has 0 saturated carbocycles. The number of aryl methyl sites for hydroxylation is 1. The third kappa shape index (κ3) is 1.76. The van der Waals surface area contributed by atoms with E-state index in [1.807, 2.05) is 25.1 Å². The molecule has 1 aliphatic heterocycles. The number of hydrogen-bond donors (Lipinski definition) is 1. The lowest BCUT2D eigenvalue weighted by molar-refractivity contribution is -0.120. The molecule has 1 unspecified atom stereocenters. The SMILES string of the molecule is CNC1COc2cc(C)ccc2N(C)C1=O. The zero-order valence-corrected chi connectivity index (χ0v) is 9.78. The molecule has 1 aromatic carbocycles. The first kappa shape index (κ1) is 11.0. The third-order valence-corrected chi connectivity index (χ3v) is 2.86. The van der Waals surface area contributed by atoms with Crippen LogP contribution >= 0.6 is 0 Å². The number of fused-ring (bicyclic) bond motifs is 1. The quantitative estimate of drug-likeness (QED) is 0.765. The minimum absolute atomic E-state index is 0.0325. The summed E-state index contributed by atoms with van der Waals surface area (Å²) in [7, 11) is 3.54. The lowest BCUT2D eigenvalue weighted by atomic mass is 10.2. The van der Waals surface area contributed by atoms with Crippen molar-refractivity contribution in [1.29, 1.82) is 0 Å². The highest BCUT2D eigenvalue weighted by atomic mass is 16.5. The fourth-order valence-electron chi connectivity index (χ4n) is 1.82. The summed E-state index contributed by atoms with van der Waals surface area (Å²) >= 11 is 0. The van der Waals surface area contributed by atoms with Gasteiger partial charge in [-0.05, 0) is 31.7 Å². The monoisotopic (exact) mass is 220 g/mol. The minimum atomic E-state index is -0.280. The Balaban J connectivity index is 2.41. The maximum Gasteiger partial charge on any atom is 0.247 e. The Bertz CT molecular complexity index is 417. The van der Waals surface area contributed by atoms with Crippen molar-refractivity contribution in [3.05, 3.63) is 23.8 Å². The van der Waals surface area contributed by atoms with Crippen LogP contribution in [-0.2, 0) is 4.79 Å². The molecule has 16 heavy (non-hydrogen) atoms. The van der Waals surface area contributed by atoms with Crippen LogP contribution in [0.15, 0.2) is 18.2 Å². The number of carbonyl (C=O) groups excluding carboxylic acids is 1. The number of hydrogen-bond acceptors (Lipinski definition) is 3. The predicted octanol–water partition coefficient (Wildman–Crippen LogP) is 0.938. The Morgan fingerprint density at radius 1 is 1.50 bits per heavy atom. The Morgan fingerprint density at radius 3 is 2.94 bits per heavy atom. The molecule has 0 spiro atoms. The van der Waals surface area contributed by atoms with Gasteiger partial charge in [-0.2, -0.15) is 0 Å². The van der Waals surface area contributed by atoms with E-state index in [9.17, 15) is 4.79 Å². The van der Waals surface area contributed by atoms with Gasteiger partial charge in [-0.25, -0.2) is 0 Å². The highest BCUT2D eigenvalue weighted by molar-refractivity contribution is 5.98. The minimum Gasteiger partial charge on any atom is -0.489 e. The van der Waals surface area contributed by atoms with Crippen LogP contribution in [0.25, 0.3) is 0 Å². The molecule has 0 radical (unpaired) electrons. The third-order valence-electron chi connectivity index (χ3n) is 2.86. The second kappa shape index (κ2) is 4.14. The molecule has 0 aliphatic carbocycles. The molecular formula is C12H16N2O2. The van der Waals surface area contributed by atoms with Gasteiger partial charge in [-0.15, -0.1) is 0 Å². The van der Waals surface area contributed by atoms with Crippen LogP contribution in [-0.4, -0.2) is 32.7 Å². The van der Waals surface area contributed by atoms with Crippen molar-refractivity contribution in [3.8, 4) is 5.75 Å². The van der Waals surface area contributed by atoms with Crippen LogP contribution in [0.5, 0.6) is 5.75 Å². The summed E-state index contributed by atoms with van der Waals surface area (Å²) in [5, 5.41) is 2.96. The van der Waals surface area contributed by atoms with Gasteiger partial charge in [0.2, 0.25) is 5.91 Å². The van der Waals surface area contributed by atoms with Gasteiger partial charge < -0.3 is 15.0 Å². The second-order valence-electron chi connectivity index (χ2n) is 4.02. The van der Waals surface area contributed by atoms with Crippen LogP contribution < -0.4 is 15.0 Å². The standard InChI is InChI=1S/C12H16N2O2/c1-8-4-5-10-11(6-8)16-7-9(13-2)12(15)14(10)3/h4-6,9,13H,7H2,1-3H3. The molecule has 0 bridgehead atoms. The molecule has 0 aromatic heterocycles. The molecular weight excluding hydrogens is 204 g/mol. The number of nitrogens with one attached hydrogen (secondary N) is 1. The molecule has 4 heteroatoms. The van der Waals surface area contributed by atoms with Crippen molar-refractivity contribution in [2.24, 2.45) is 0 Å². The van der Waals surface area contributed by atoms with Crippen LogP contribution in [0.3, 0.4) is 0 Å². The van der Waals surface area contributed by atoms with E-state index < -0.39 is 0 Å². The molecule has 0 saturated heterocycles. The van der Waals surface area contributed by atoms with E-state index in [0.717, 1.165) is 17.0 Å². The van der Waals surface area contributed by atoms with E-state index in [4.69, 9.17) is 4.74 Å². The largest absolute Gasteiger partial charge is 0.489 e. The molecule has 1 heterocycles. The zero-order valence-electron chi connectivity index (χ0n) is 9.78. The summed E-state index contributed by atoms with van der Waals surface area (Å²) < 4.78 is 5.65. The van der Waals surface area contributed by atoms with Gasteiger partial charge in [0.05, 0.1) is 5.69 Å².